The molecule has 19 heavy (non-hydrogen) atoms. The fraction of sp³-hybridized carbons (Fsp3) is 0. The van der Waals surface area contributed by atoms with Gasteiger partial charge in [-0.2, -0.15) is 4.98 Å². The third-order valence-corrected chi connectivity index (χ3v) is 2.67. The molecule has 0 aliphatic carbocycles. The molecule has 4 nitrogen and oxygen atoms in total. The van der Waals surface area contributed by atoms with Gasteiger partial charge in [-0.3, -0.25) is 0 Å². The topological polar surface area (TPSA) is 64.9 Å². The summed E-state index contributed by atoms with van der Waals surface area (Å²) in [4.78, 5) is 4.18. The summed E-state index contributed by atoms with van der Waals surface area (Å²) in [6.45, 7) is 0. The Morgan fingerprint density at radius 1 is 1.05 bits per heavy atom. The van der Waals surface area contributed by atoms with Crippen LogP contribution in [0.2, 0.25) is 0 Å². The molecule has 1 heterocycles. The van der Waals surface area contributed by atoms with Gasteiger partial charge in [-0.25, -0.2) is 4.39 Å². The predicted molar refractivity (Wildman–Crippen MR) is 69.5 cm³/mol. The zero-order chi connectivity index (χ0) is 13.2. The first-order valence-corrected chi connectivity index (χ1v) is 5.68. The molecule has 0 aliphatic heterocycles. The molecule has 5 heteroatoms. The Morgan fingerprint density at radius 3 is 2.68 bits per heavy atom. The molecule has 94 valence electrons. The van der Waals surface area contributed by atoms with Gasteiger partial charge in [-0.05, 0) is 30.3 Å². The number of hydrogen-bond acceptors (Lipinski definition) is 4. The number of aromatic nitrogens is 2. The quantitative estimate of drug-likeness (QED) is 0.714. The number of nitrogens with zero attached hydrogens (tertiary/aromatic N) is 2. The van der Waals surface area contributed by atoms with E-state index < -0.39 is 0 Å². The average molecular weight is 255 g/mol. The van der Waals surface area contributed by atoms with E-state index in [1.807, 2.05) is 0 Å². The molecule has 2 aromatic carbocycles. The molecule has 0 saturated heterocycles. The van der Waals surface area contributed by atoms with Crippen LogP contribution >= 0.6 is 0 Å². The Labute approximate surface area is 108 Å². The molecular weight excluding hydrogens is 245 g/mol. The second-order valence-electron chi connectivity index (χ2n) is 4.03. The predicted octanol–water partition coefficient (Wildman–Crippen LogP) is 3.12. The molecule has 1 aromatic heterocycles. The third kappa shape index (κ3) is 2.18. The normalized spacial score (nSPS) is 10.6. The minimum atomic E-state index is -0.387. The van der Waals surface area contributed by atoms with E-state index in [0.717, 1.165) is 0 Å². The van der Waals surface area contributed by atoms with Crippen LogP contribution in [-0.4, -0.2) is 10.1 Å². The van der Waals surface area contributed by atoms with Gasteiger partial charge in [0.05, 0.1) is 5.56 Å². The van der Waals surface area contributed by atoms with Crippen molar-refractivity contribution < 1.29 is 8.91 Å². The van der Waals surface area contributed by atoms with Crippen molar-refractivity contribution in [1.82, 2.24) is 10.1 Å². The number of anilines is 1. The van der Waals surface area contributed by atoms with Gasteiger partial charge in [-0.1, -0.05) is 23.4 Å². The molecule has 2 N–H and O–H groups in total. The van der Waals surface area contributed by atoms with E-state index in [2.05, 4.69) is 10.1 Å². The van der Waals surface area contributed by atoms with Crippen LogP contribution in [0, 0.1) is 5.82 Å². The van der Waals surface area contributed by atoms with Gasteiger partial charge in [0.15, 0.2) is 0 Å². The fourth-order valence-corrected chi connectivity index (χ4v) is 1.76. The molecule has 0 unspecified atom stereocenters. The van der Waals surface area contributed by atoms with Gasteiger partial charge >= 0.3 is 0 Å². The third-order valence-electron chi connectivity index (χ3n) is 2.67. The minimum Gasteiger partial charge on any atom is -0.399 e. The van der Waals surface area contributed by atoms with Crippen LogP contribution in [0.25, 0.3) is 22.8 Å². The second-order valence-corrected chi connectivity index (χ2v) is 4.03. The molecule has 0 bridgehead atoms. The lowest BCUT2D eigenvalue weighted by atomic mass is 10.2. The van der Waals surface area contributed by atoms with E-state index in [1.54, 1.807) is 42.5 Å². The van der Waals surface area contributed by atoms with Crippen molar-refractivity contribution in [2.24, 2.45) is 0 Å². The van der Waals surface area contributed by atoms with Crippen molar-refractivity contribution in [3.63, 3.8) is 0 Å². The van der Waals surface area contributed by atoms with Crippen LogP contribution in [0.3, 0.4) is 0 Å². The fourth-order valence-electron chi connectivity index (χ4n) is 1.76. The van der Waals surface area contributed by atoms with Crippen LogP contribution in [0.15, 0.2) is 53.1 Å². The van der Waals surface area contributed by atoms with Gasteiger partial charge in [-0.15, -0.1) is 0 Å². The summed E-state index contributed by atoms with van der Waals surface area (Å²) in [5, 5.41) is 3.79. The van der Waals surface area contributed by atoms with E-state index in [-0.39, 0.29) is 11.6 Å². The Morgan fingerprint density at radius 2 is 1.89 bits per heavy atom. The van der Waals surface area contributed by atoms with Crippen molar-refractivity contribution in [1.29, 1.82) is 0 Å². The first kappa shape index (κ1) is 11.4. The molecule has 0 saturated carbocycles. The lowest BCUT2D eigenvalue weighted by Gasteiger charge is -1.96. The van der Waals surface area contributed by atoms with E-state index in [4.69, 9.17) is 10.3 Å². The standard InChI is InChI=1S/C14H10FN3O/c15-12-7-2-1-6-11(12)13-17-14(19-18-13)9-4-3-5-10(16)8-9/h1-8H,16H2. The van der Waals surface area contributed by atoms with Crippen molar-refractivity contribution in [3.05, 3.63) is 54.3 Å². The van der Waals surface area contributed by atoms with Crippen molar-refractivity contribution in [2.75, 3.05) is 5.73 Å². The first-order valence-electron chi connectivity index (χ1n) is 5.68. The number of nitrogens with two attached hydrogens (primary N) is 1. The molecule has 0 spiro atoms. The van der Waals surface area contributed by atoms with Crippen LogP contribution < -0.4 is 5.73 Å². The van der Waals surface area contributed by atoms with E-state index >= 15 is 0 Å². The van der Waals surface area contributed by atoms with Crippen molar-refractivity contribution in [3.8, 4) is 22.8 Å². The Kier molecular flexibility index (Phi) is 2.72. The van der Waals surface area contributed by atoms with E-state index in [9.17, 15) is 4.39 Å². The molecule has 0 radical (unpaired) electrons. The Balaban J connectivity index is 2.03. The summed E-state index contributed by atoms with van der Waals surface area (Å²) in [5.41, 5.74) is 7.30. The largest absolute Gasteiger partial charge is 0.399 e. The van der Waals surface area contributed by atoms with Gasteiger partial charge in [0.25, 0.3) is 5.89 Å². The second kappa shape index (κ2) is 4.53. The maximum atomic E-state index is 13.6. The lowest BCUT2D eigenvalue weighted by Crippen LogP contribution is -1.87. The van der Waals surface area contributed by atoms with Gasteiger partial charge < -0.3 is 10.3 Å². The summed E-state index contributed by atoms with van der Waals surface area (Å²) in [6, 6.07) is 13.4. The highest BCUT2D eigenvalue weighted by molar-refractivity contribution is 5.63. The molecule has 0 aliphatic rings. The highest BCUT2D eigenvalue weighted by Gasteiger charge is 2.13. The number of halogens is 1. The molecule has 3 rings (SSSR count). The summed E-state index contributed by atoms with van der Waals surface area (Å²) in [7, 11) is 0. The summed E-state index contributed by atoms with van der Waals surface area (Å²) < 4.78 is 18.7. The first-order chi connectivity index (χ1) is 9.24. The van der Waals surface area contributed by atoms with Crippen LogP contribution in [-0.2, 0) is 0 Å². The monoisotopic (exact) mass is 255 g/mol. The SMILES string of the molecule is Nc1cccc(-c2nc(-c3ccccc3F)no2)c1. The summed E-state index contributed by atoms with van der Waals surface area (Å²) in [6.07, 6.45) is 0. The Bertz CT molecular complexity index is 724. The minimum absolute atomic E-state index is 0.218. The van der Waals surface area contributed by atoms with E-state index in [1.165, 1.54) is 6.07 Å². The van der Waals surface area contributed by atoms with Gasteiger partial charge in [0.1, 0.15) is 5.82 Å². The number of rotatable bonds is 2. The number of benzene rings is 2. The maximum Gasteiger partial charge on any atom is 0.258 e. The van der Waals surface area contributed by atoms with Crippen LogP contribution in [0.5, 0.6) is 0 Å². The van der Waals surface area contributed by atoms with E-state index in [0.29, 0.717) is 22.7 Å². The smallest absolute Gasteiger partial charge is 0.258 e. The zero-order valence-electron chi connectivity index (χ0n) is 9.88. The average Bonchev–Trinajstić information content (AvgIpc) is 2.89. The van der Waals surface area contributed by atoms with Crippen LogP contribution in [0.4, 0.5) is 10.1 Å². The molecule has 0 fully saturated rings. The van der Waals surface area contributed by atoms with Gasteiger partial charge in [0.2, 0.25) is 5.82 Å². The molecule has 0 amide bonds. The Hall–Kier alpha value is -2.69. The summed E-state index contributed by atoms with van der Waals surface area (Å²) >= 11 is 0. The zero-order valence-corrected chi connectivity index (χ0v) is 9.88. The maximum absolute atomic E-state index is 13.6. The lowest BCUT2D eigenvalue weighted by molar-refractivity contribution is 0.432. The highest BCUT2D eigenvalue weighted by atomic mass is 19.1. The van der Waals surface area contributed by atoms with Crippen LogP contribution in [0.1, 0.15) is 0 Å². The summed E-state index contributed by atoms with van der Waals surface area (Å²) in [5.74, 6) is 0.142. The number of nitrogen functional groups attached to an aromatic ring is 1. The highest BCUT2D eigenvalue weighted by Crippen LogP contribution is 2.24. The molecule has 0 atom stereocenters. The number of hydrogen-bond donors (Lipinski definition) is 1. The molecule has 3 aromatic rings. The molecular formula is C14H10FN3O. The van der Waals surface area contributed by atoms with Crippen molar-refractivity contribution >= 4 is 5.69 Å². The van der Waals surface area contributed by atoms with Crippen molar-refractivity contribution in [2.45, 2.75) is 0 Å². The van der Waals surface area contributed by atoms with Gasteiger partial charge in [0, 0.05) is 11.3 Å².